The molecular weight excluding hydrogens is 486 g/mol. The average Bonchev–Trinajstić information content (AvgIpc) is 2.93. The van der Waals surface area contributed by atoms with E-state index in [1.54, 1.807) is 6.08 Å². The van der Waals surface area contributed by atoms with E-state index in [9.17, 15) is 4.79 Å². The number of aliphatic imine (C=N–C) groups is 2. The Morgan fingerprint density at radius 3 is 1.67 bits per heavy atom. The molecule has 0 N–H and O–H groups in total. The van der Waals surface area contributed by atoms with Gasteiger partial charge in [0.2, 0.25) is 5.78 Å². The first kappa shape index (κ1) is 28.6. The summed E-state index contributed by atoms with van der Waals surface area (Å²) in [5.74, 6) is -0.0530. The number of carbonyl (C=O) groups excluding carboxylic acids is 1. The van der Waals surface area contributed by atoms with Gasteiger partial charge in [0.25, 0.3) is 0 Å². The SMILES string of the molecule is CCN(c1ccc(N=C2CC(=Nc3ccc(N(CC)C(C)C)cc3)C(N3CCOCC3)=CC2=O)cc1)C(C)C. The van der Waals surface area contributed by atoms with Gasteiger partial charge in [-0.05, 0) is 90.1 Å². The summed E-state index contributed by atoms with van der Waals surface area (Å²) in [4.78, 5) is 30.0. The normalized spacial score (nSPS) is 18.3. The topological polar surface area (TPSA) is 60.7 Å². The van der Waals surface area contributed by atoms with Gasteiger partial charge in [-0.3, -0.25) is 9.79 Å². The van der Waals surface area contributed by atoms with Crippen LogP contribution in [-0.4, -0.2) is 73.6 Å². The Hall–Kier alpha value is -3.45. The van der Waals surface area contributed by atoms with Gasteiger partial charge >= 0.3 is 0 Å². The largest absolute Gasteiger partial charge is 0.378 e. The fraction of sp³-hybridized carbons (Fsp3) is 0.469. The molecule has 1 heterocycles. The Labute approximate surface area is 233 Å². The highest BCUT2D eigenvalue weighted by Gasteiger charge is 2.28. The highest BCUT2D eigenvalue weighted by molar-refractivity contribution is 6.50. The second kappa shape index (κ2) is 13.1. The summed E-state index contributed by atoms with van der Waals surface area (Å²) in [5, 5.41) is 0. The van der Waals surface area contributed by atoms with Gasteiger partial charge in [-0.2, -0.15) is 0 Å². The second-order valence-corrected chi connectivity index (χ2v) is 10.6. The molecule has 2 aromatic rings. The Morgan fingerprint density at radius 2 is 1.23 bits per heavy atom. The number of ether oxygens (including phenoxy) is 1. The van der Waals surface area contributed by atoms with Crippen LogP contribution in [0, 0.1) is 0 Å². The Balaban J connectivity index is 1.64. The number of nitrogens with zero attached hydrogens (tertiary/aromatic N) is 5. The maximum absolute atomic E-state index is 13.2. The highest BCUT2D eigenvalue weighted by Crippen LogP contribution is 2.27. The fourth-order valence-corrected chi connectivity index (χ4v) is 5.34. The zero-order valence-electron chi connectivity index (χ0n) is 24.4. The van der Waals surface area contributed by atoms with E-state index in [1.807, 2.05) is 12.1 Å². The first-order valence-corrected chi connectivity index (χ1v) is 14.3. The van der Waals surface area contributed by atoms with Gasteiger partial charge < -0.3 is 19.4 Å². The molecule has 7 nitrogen and oxygen atoms in total. The van der Waals surface area contributed by atoms with Crippen molar-refractivity contribution in [2.45, 2.75) is 60.0 Å². The summed E-state index contributed by atoms with van der Waals surface area (Å²) < 4.78 is 5.56. The van der Waals surface area contributed by atoms with Crippen LogP contribution in [-0.2, 0) is 9.53 Å². The van der Waals surface area contributed by atoms with E-state index < -0.39 is 0 Å². The van der Waals surface area contributed by atoms with E-state index in [0.29, 0.717) is 37.4 Å². The lowest BCUT2D eigenvalue weighted by molar-refractivity contribution is -0.109. The van der Waals surface area contributed by atoms with Gasteiger partial charge in [0.05, 0.1) is 41.7 Å². The van der Waals surface area contributed by atoms with Crippen LogP contribution >= 0.6 is 0 Å². The van der Waals surface area contributed by atoms with Crippen molar-refractivity contribution >= 4 is 40.0 Å². The van der Waals surface area contributed by atoms with E-state index in [-0.39, 0.29) is 5.78 Å². The third-order valence-electron chi connectivity index (χ3n) is 7.35. The molecule has 0 amide bonds. The molecule has 1 aliphatic heterocycles. The molecule has 1 aliphatic carbocycles. The van der Waals surface area contributed by atoms with Crippen LogP contribution in [0.2, 0.25) is 0 Å². The van der Waals surface area contributed by atoms with Crippen molar-refractivity contribution in [3.05, 3.63) is 60.3 Å². The second-order valence-electron chi connectivity index (χ2n) is 10.6. The number of hydrogen-bond donors (Lipinski definition) is 0. The van der Waals surface area contributed by atoms with E-state index in [1.165, 1.54) is 5.69 Å². The van der Waals surface area contributed by atoms with Crippen LogP contribution in [0.25, 0.3) is 0 Å². The summed E-state index contributed by atoms with van der Waals surface area (Å²) in [6.07, 6.45) is 2.11. The minimum atomic E-state index is -0.0530. The highest BCUT2D eigenvalue weighted by atomic mass is 16.5. The van der Waals surface area contributed by atoms with Gasteiger partial charge in [-0.1, -0.05) is 0 Å². The molecule has 208 valence electrons. The first-order valence-electron chi connectivity index (χ1n) is 14.3. The monoisotopic (exact) mass is 529 g/mol. The summed E-state index contributed by atoms with van der Waals surface area (Å²) in [6, 6.07) is 17.4. The van der Waals surface area contributed by atoms with Crippen LogP contribution in [0.5, 0.6) is 0 Å². The van der Waals surface area contributed by atoms with Crippen molar-refractivity contribution in [1.29, 1.82) is 0 Å². The van der Waals surface area contributed by atoms with Gasteiger partial charge in [0.1, 0.15) is 0 Å². The van der Waals surface area contributed by atoms with Crippen LogP contribution in [0.3, 0.4) is 0 Å². The van der Waals surface area contributed by atoms with Crippen LogP contribution in [0.4, 0.5) is 22.7 Å². The third-order valence-corrected chi connectivity index (χ3v) is 7.35. The molecule has 1 fully saturated rings. The Morgan fingerprint density at radius 1 is 0.769 bits per heavy atom. The number of allylic oxidation sites excluding steroid dienone is 2. The lowest BCUT2D eigenvalue weighted by atomic mass is 9.97. The number of morpholine rings is 1. The number of anilines is 2. The minimum Gasteiger partial charge on any atom is -0.378 e. The first-order chi connectivity index (χ1) is 18.8. The molecule has 0 spiro atoms. The standard InChI is InChI=1S/C32H43N5O2/c1-7-36(23(3)4)27-13-9-25(10-14-27)33-29-21-30(32(38)22-31(29)35-17-19-39-20-18-35)34-26-11-15-28(16-12-26)37(8-2)24(5)6/h9-16,22-24H,7-8,17-21H2,1-6H3. The predicted octanol–water partition coefficient (Wildman–Crippen LogP) is 6.19. The fourth-order valence-electron chi connectivity index (χ4n) is 5.34. The smallest absolute Gasteiger partial charge is 0.202 e. The molecule has 2 aromatic carbocycles. The maximum Gasteiger partial charge on any atom is 0.202 e. The maximum atomic E-state index is 13.2. The lowest BCUT2D eigenvalue weighted by Gasteiger charge is -2.33. The molecule has 0 unspecified atom stereocenters. The summed E-state index contributed by atoms with van der Waals surface area (Å²) in [6.45, 7) is 17.8. The molecule has 1 saturated heterocycles. The molecular formula is C32H43N5O2. The van der Waals surface area contributed by atoms with Crippen molar-refractivity contribution in [3.63, 3.8) is 0 Å². The van der Waals surface area contributed by atoms with Crippen LogP contribution in [0.1, 0.15) is 48.0 Å². The Bertz CT molecular complexity index is 1210. The molecule has 0 aromatic heterocycles. The molecule has 39 heavy (non-hydrogen) atoms. The van der Waals surface area contributed by atoms with Crippen molar-refractivity contribution in [2.24, 2.45) is 9.98 Å². The molecule has 4 rings (SSSR count). The van der Waals surface area contributed by atoms with Crippen LogP contribution in [0.15, 0.2) is 70.3 Å². The average molecular weight is 530 g/mol. The number of carbonyl (C=O) groups is 1. The third kappa shape index (κ3) is 6.95. The van der Waals surface area contributed by atoms with Gasteiger partial charge in [0, 0.05) is 62.1 Å². The molecule has 0 radical (unpaired) electrons. The van der Waals surface area contributed by atoms with E-state index in [0.717, 1.165) is 54.6 Å². The molecule has 0 saturated carbocycles. The van der Waals surface area contributed by atoms with Crippen LogP contribution < -0.4 is 9.80 Å². The number of hydrogen-bond acceptors (Lipinski definition) is 7. The van der Waals surface area contributed by atoms with E-state index >= 15 is 0 Å². The summed E-state index contributed by atoms with van der Waals surface area (Å²) in [7, 11) is 0. The molecule has 0 bridgehead atoms. The molecule has 2 aliphatic rings. The number of rotatable bonds is 9. The summed E-state index contributed by atoms with van der Waals surface area (Å²) in [5.41, 5.74) is 6.27. The summed E-state index contributed by atoms with van der Waals surface area (Å²) >= 11 is 0. The zero-order chi connectivity index (χ0) is 27.9. The number of benzene rings is 2. The Kier molecular flexibility index (Phi) is 9.57. The van der Waals surface area contributed by atoms with Crippen molar-refractivity contribution in [1.82, 2.24) is 4.90 Å². The lowest BCUT2D eigenvalue weighted by Crippen LogP contribution is -2.41. The minimum absolute atomic E-state index is 0.0530. The van der Waals surface area contributed by atoms with Gasteiger partial charge in [-0.15, -0.1) is 0 Å². The quantitative estimate of drug-likeness (QED) is 0.388. The molecule has 7 heteroatoms. The van der Waals surface area contributed by atoms with E-state index in [4.69, 9.17) is 14.7 Å². The van der Waals surface area contributed by atoms with Crippen molar-refractivity contribution in [2.75, 3.05) is 49.2 Å². The molecule has 0 atom stereocenters. The number of ketones is 1. The van der Waals surface area contributed by atoms with Crippen molar-refractivity contribution in [3.8, 4) is 0 Å². The van der Waals surface area contributed by atoms with Gasteiger partial charge in [-0.25, -0.2) is 4.99 Å². The zero-order valence-corrected chi connectivity index (χ0v) is 24.4. The predicted molar refractivity (Wildman–Crippen MR) is 163 cm³/mol. The van der Waals surface area contributed by atoms with Gasteiger partial charge in [0.15, 0.2) is 0 Å². The van der Waals surface area contributed by atoms with Crippen molar-refractivity contribution < 1.29 is 9.53 Å². The van der Waals surface area contributed by atoms with E-state index in [2.05, 4.69) is 92.6 Å².